The molecule has 1 aromatic carbocycles. The zero-order chi connectivity index (χ0) is 11.7. The van der Waals surface area contributed by atoms with Crippen LogP contribution in [0.2, 0.25) is 0 Å². The van der Waals surface area contributed by atoms with Gasteiger partial charge in [0.1, 0.15) is 5.01 Å². The van der Waals surface area contributed by atoms with Crippen LogP contribution in [0.4, 0.5) is 0 Å². The molecule has 2 nitrogen and oxygen atoms in total. The van der Waals surface area contributed by atoms with Gasteiger partial charge in [0.05, 0.1) is 6.42 Å². The number of thiazole rings is 1. The number of fused-ring (bicyclic) bond motifs is 1. The quantitative estimate of drug-likeness (QED) is 0.775. The Balaban J connectivity index is 1.82. The molecule has 0 radical (unpaired) electrons. The molecule has 3 rings (SSSR count). The Bertz CT molecular complexity index is 545. The topological polar surface area (TPSA) is 30.0 Å². The van der Waals surface area contributed by atoms with Crippen molar-refractivity contribution in [2.24, 2.45) is 0 Å². The van der Waals surface area contributed by atoms with Gasteiger partial charge in [-0.15, -0.1) is 11.3 Å². The summed E-state index contributed by atoms with van der Waals surface area (Å²) in [4.78, 5) is 16.2. The summed E-state index contributed by atoms with van der Waals surface area (Å²) in [5, 5.41) is 2.81. The van der Waals surface area contributed by atoms with E-state index in [1.165, 1.54) is 28.9 Å². The van der Waals surface area contributed by atoms with Gasteiger partial charge in [-0.05, 0) is 36.5 Å². The lowest BCUT2D eigenvalue weighted by molar-refractivity contribution is 0.0993. The molecule has 0 saturated heterocycles. The molecule has 0 N–H and O–H groups in total. The van der Waals surface area contributed by atoms with E-state index in [9.17, 15) is 4.79 Å². The summed E-state index contributed by atoms with van der Waals surface area (Å²) >= 11 is 1.54. The Morgan fingerprint density at radius 1 is 1.29 bits per heavy atom. The third kappa shape index (κ3) is 2.15. The van der Waals surface area contributed by atoms with Gasteiger partial charge in [-0.1, -0.05) is 12.1 Å². The molecule has 0 spiro atoms. The van der Waals surface area contributed by atoms with Gasteiger partial charge >= 0.3 is 0 Å². The molecule has 0 amide bonds. The van der Waals surface area contributed by atoms with E-state index in [2.05, 4.69) is 17.1 Å². The predicted octanol–water partition coefficient (Wildman–Crippen LogP) is 3.06. The summed E-state index contributed by atoms with van der Waals surface area (Å²) in [6.07, 6.45) is 5.68. The number of hydrogen-bond donors (Lipinski definition) is 0. The lowest BCUT2D eigenvalue weighted by Gasteiger charge is -2.03. The van der Waals surface area contributed by atoms with Crippen LogP contribution in [-0.2, 0) is 19.3 Å². The maximum Gasteiger partial charge on any atom is 0.169 e. The first-order valence-corrected chi connectivity index (χ1v) is 6.74. The van der Waals surface area contributed by atoms with Crippen LogP contribution in [0.15, 0.2) is 29.8 Å². The van der Waals surface area contributed by atoms with Gasteiger partial charge < -0.3 is 0 Å². The number of nitrogens with zero attached hydrogens (tertiary/aromatic N) is 1. The molecule has 0 saturated carbocycles. The molecule has 0 fully saturated rings. The molecule has 1 aliphatic rings. The normalized spacial score (nSPS) is 13.6. The summed E-state index contributed by atoms with van der Waals surface area (Å²) < 4.78 is 0. The highest BCUT2D eigenvalue weighted by atomic mass is 32.1. The third-order valence-corrected chi connectivity index (χ3v) is 4.00. The fourth-order valence-corrected chi connectivity index (χ4v) is 2.94. The first-order chi connectivity index (χ1) is 8.33. The predicted molar refractivity (Wildman–Crippen MR) is 68.6 cm³/mol. The zero-order valence-electron chi connectivity index (χ0n) is 9.48. The summed E-state index contributed by atoms with van der Waals surface area (Å²) in [6.45, 7) is 0. The summed E-state index contributed by atoms with van der Waals surface area (Å²) in [6, 6.07) is 6.13. The number of benzene rings is 1. The van der Waals surface area contributed by atoms with Crippen LogP contribution in [0.3, 0.4) is 0 Å². The van der Waals surface area contributed by atoms with E-state index in [-0.39, 0.29) is 5.78 Å². The molecule has 1 aliphatic carbocycles. The van der Waals surface area contributed by atoms with Crippen molar-refractivity contribution in [3.63, 3.8) is 0 Å². The lowest BCUT2D eigenvalue weighted by Crippen LogP contribution is -2.04. The maximum atomic E-state index is 12.1. The van der Waals surface area contributed by atoms with E-state index in [1.54, 1.807) is 6.20 Å². The molecule has 3 heteroatoms. The largest absolute Gasteiger partial charge is 0.294 e. The Labute approximate surface area is 104 Å². The molecule has 0 unspecified atom stereocenters. The standard InChI is InChI=1S/C14H13NOS/c16-13(9-14-15-6-7-17-14)12-5-4-10-2-1-3-11(10)8-12/h4-8H,1-3,9H2. The van der Waals surface area contributed by atoms with Crippen molar-refractivity contribution in [2.45, 2.75) is 25.7 Å². The van der Waals surface area contributed by atoms with Crippen LogP contribution in [0.1, 0.15) is 32.9 Å². The van der Waals surface area contributed by atoms with E-state index < -0.39 is 0 Å². The van der Waals surface area contributed by atoms with Crippen molar-refractivity contribution in [3.05, 3.63) is 51.5 Å². The average Bonchev–Trinajstić information content (AvgIpc) is 2.97. The monoisotopic (exact) mass is 243 g/mol. The highest BCUT2D eigenvalue weighted by molar-refractivity contribution is 7.09. The average molecular weight is 243 g/mol. The van der Waals surface area contributed by atoms with Crippen LogP contribution in [0, 0.1) is 0 Å². The second-order valence-corrected chi connectivity index (χ2v) is 5.34. The van der Waals surface area contributed by atoms with E-state index in [0.717, 1.165) is 23.4 Å². The smallest absolute Gasteiger partial charge is 0.169 e. The summed E-state index contributed by atoms with van der Waals surface area (Å²) in [5.41, 5.74) is 3.60. The Hall–Kier alpha value is -1.48. The second kappa shape index (κ2) is 4.41. The second-order valence-electron chi connectivity index (χ2n) is 4.36. The van der Waals surface area contributed by atoms with Crippen LogP contribution in [-0.4, -0.2) is 10.8 Å². The van der Waals surface area contributed by atoms with Crippen molar-refractivity contribution in [2.75, 3.05) is 0 Å². The molecule has 0 bridgehead atoms. The van der Waals surface area contributed by atoms with Crippen LogP contribution < -0.4 is 0 Å². The van der Waals surface area contributed by atoms with Crippen LogP contribution >= 0.6 is 11.3 Å². The highest BCUT2D eigenvalue weighted by Gasteiger charge is 2.14. The summed E-state index contributed by atoms with van der Waals surface area (Å²) in [5.74, 6) is 0.176. The fourth-order valence-electron chi connectivity index (χ4n) is 2.32. The van der Waals surface area contributed by atoms with Crippen LogP contribution in [0.5, 0.6) is 0 Å². The Kier molecular flexibility index (Phi) is 2.77. The molecule has 0 atom stereocenters. The van der Waals surface area contributed by atoms with Gasteiger partial charge in [-0.25, -0.2) is 4.98 Å². The van der Waals surface area contributed by atoms with E-state index >= 15 is 0 Å². The van der Waals surface area contributed by atoms with Gasteiger partial charge in [0.2, 0.25) is 0 Å². The Morgan fingerprint density at radius 3 is 3.00 bits per heavy atom. The van der Waals surface area contributed by atoms with Gasteiger partial charge in [-0.3, -0.25) is 4.79 Å². The lowest BCUT2D eigenvalue weighted by atomic mass is 10.0. The SMILES string of the molecule is O=C(Cc1nccs1)c1ccc2c(c1)CCC2. The number of aryl methyl sites for hydroxylation is 2. The number of Topliss-reactive ketones (excluding diaryl/α,β-unsaturated/α-hetero) is 1. The van der Waals surface area contributed by atoms with Gasteiger partial charge in [0.15, 0.2) is 5.78 Å². The van der Waals surface area contributed by atoms with Gasteiger partial charge in [-0.2, -0.15) is 0 Å². The number of carbonyl (C=O) groups is 1. The number of ketones is 1. The van der Waals surface area contributed by atoms with Gasteiger partial charge in [0, 0.05) is 17.1 Å². The first kappa shape index (κ1) is 10.7. The van der Waals surface area contributed by atoms with Crippen molar-refractivity contribution in [1.29, 1.82) is 0 Å². The molecule has 2 aromatic rings. The molecular weight excluding hydrogens is 230 g/mol. The van der Waals surface area contributed by atoms with Crippen molar-refractivity contribution in [3.8, 4) is 0 Å². The zero-order valence-corrected chi connectivity index (χ0v) is 10.3. The van der Waals surface area contributed by atoms with E-state index in [0.29, 0.717) is 6.42 Å². The number of carbonyl (C=O) groups excluding carboxylic acids is 1. The third-order valence-electron chi connectivity index (χ3n) is 3.22. The minimum atomic E-state index is 0.176. The highest BCUT2D eigenvalue weighted by Crippen LogP contribution is 2.23. The minimum Gasteiger partial charge on any atom is -0.294 e. The first-order valence-electron chi connectivity index (χ1n) is 5.86. The fraction of sp³-hybridized carbons (Fsp3) is 0.286. The molecule has 86 valence electrons. The van der Waals surface area contributed by atoms with Crippen molar-refractivity contribution >= 4 is 17.1 Å². The molecule has 17 heavy (non-hydrogen) atoms. The number of hydrogen-bond acceptors (Lipinski definition) is 3. The minimum absolute atomic E-state index is 0.176. The van der Waals surface area contributed by atoms with Crippen molar-refractivity contribution < 1.29 is 4.79 Å². The number of aromatic nitrogens is 1. The number of rotatable bonds is 3. The van der Waals surface area contributed by atoms with E-state index in [4.69, 9.17) is 0 Å². The van der Waals surface area contributed by atoms with Crippen LogP contribution in [0.25, 0.3) is 0 Å². The Morgan fingerprint density at radius 2 is 2.18 bits per heavy atom. The maximum absolute atomic E-state index is 12.1. The molecule has 1 aromatic heterocycles. The molecule has 1 heterocycles. The summed E-state index contributed by atoms with van der Waals surface area (Å²) in [7, 11) is 0. The van der Waals surface area contributed by atoms with Crippen molar-refractivity contribution in [1.82, 2.24) is 4.98 Å². The molecule has 0 aliphatic heterocycles. The van der Waals surface area contributed by atoms with E-state index in [1.807, 2.05) is 11.4 Å². The van der Waals surface area contributed by atoms with Gasteiger partial charge in [0.25, 0.3) is 0 Å². The molecular formula is C14H13NOS.